The van der Waals surface area contributed by atoms with Gasteiger partial charge in [-0.25, -0.2) is 5.43 Å². The van der Waals surface area contributed by atoms with Gasteiger partial charge in [0.05, 0.1) is 12.8 Å². The topological polar surface area (TPSA) is 79.8 Å². The second-order valence-electron chi connectivity index (χ2n) is 5.15. The summed E-state index contributed by atoms with van der Waals surface area (Å²) in [6.45, 7) is 3.85. The van der Waals surface area contributed by atoms with Crippen LogP contribution in [0.3, 0.4) is 0 Å². The third kappa shape index (κ3) is 6.52. The van der Waals surface area contributed by atoms with Gasteiger partial charge in [0.2, 0.25) is 0 Å². The Balaban J connectivity index is 1.76. The Morgan fingerprint density at radius 2 is 1.96 bits per heavy atom. The van der Waals surface area contributed by atoms with Crippen molar-refractivity contribution in [3.05, 3.63) is 76.8 Å². The Bertz CT molecular complexity index is 804. The van der Waals surface area contributed by atoms with E-state index in [1.807, 2.05) is 18.2 Å². The average molecular weight is 416 g/mol. The summed E-state index contributed by atoms with van der Waals surface area (Å²) in [5, 5.41) is 6.39. The first kappa shape index (κ1) is 19.4. The van der Waals surface area contributed by atoms with Gasteiger partial charge in [0, 0.05) is 10.0 Å². The highest BCUT2D eigenvalue weighted by atomic mass is 79.9. The molecule has 0 bridgehead atoms. The number of nitrogens with zero attached hydrogens (tertiary/aromatic N) is 1. The Morgan fingerprint density at radius 3 is 2.65 bits per heavy atom. The van der Waals surface area contributed by atoms with Crippen molar-refractivity contribution in [1.82, 2.24) is 10.7 Å². The molecule has 2 N–H and O–H groups in total. The zero-order valence-electron chi connectivity index (χ0n) is 13.9. The van der Waals surface area contributed by atoms with E-state index >= 15 is 0 Å². The number of hydrogen-bond donors (Lipinski definition) is 2. The lowest BCUT2D eigenvalue weighted by molar-refractivity contribution is -0.120. The molecule has 2 rings (SSSR count). The van der Waals surface area contributed by atoms with E-state index in [1.165, 1.54) is 6.21 Å². The predicted octanol–water partition coefficient (Wildman–Crippen LogP) is 2.89. The maximum absolute atomic E-state index is 11.9. The number of halogens is 1. The molecular formula is C19H18BrN3O3. The molecular weight excluding hydrogens is 398 g/mol. The summed E-state index contributed by atoms with van der Waals surface area (Å²) in [5.41, 5.74) is 3.63. The molecule has 0 heterocycles. The van der Waals surface area contributed by atoms with E-state index in [-0.39, 0.29) is 12.5 Å². The fourth-order valence-corrected chi connectivity index (χ4v) is 2.32. The van der Waals surface area contributed by atoms with Crippen LogP contribution in [0.5, 0.6) is 5.75 Å². The number of carbonyl (C=O) groups excluding carboxylic acids is 2. The van der Waals surface area contributed by atoms with Crippen molar-refractivity contribution >= 4 is 34.0 Å². The number of ether oxygens (including phenoxy) is 1. The average Bonchev–Trinajstić information content (AvgIpc) is 2.65. The minimum Gasteiger partial charge on any atom is -0.490 e. The Labute approximate surface area is 160 Å². The van der Waals surface area contributed by atoms with Crippen LogP contribution in [0.25, 0.3) is 0 Å². The molecule has 0 radical (unpaired) electrons. The lowest BCUT2D eigenvalue weighted by Crippen LogP contribution is -2.34. The van der Waals surface area contributed by atoms with Crippen LogP contribution in [0.4, 0.5) is 0 Å². The number of amides is 2. The highest BCUT2D eigenvalue weighted by Crippen LogP contribution is 2.11. The summed E-state index contributed by atoms with van der Waals surface area (Å²) in [6.07, 6.45) is 3.17. The molecule has 0 unspecified atom stereocenters. The minimum atomic E-state index is -0.421. The monoisotopic (exact) mass is 415 g/mol. The van der Waals surface area contributed by atoms with Crippen LogP contribution in [0, 0.1) is 0 Å². The van der Waals surface area contributed by atoms with Crippen LogP contribution >= 0.6 is 15.9 Å². The molecule has 0 fully saturated rings. The van der Waals surface area contributed by atoms with E-state index in [0.717, 1.165) is 15.8 Å². The van der Waals surface area contributed by atoms with Gasteiger partial charge in [-0.2, -0.15) is 5.10 Å². The molecule has 6 nitrogen and oxygen atoms in total. The maximum atomic E-state index is 11.9. The molecule has 0 spiro atoms. The molecule has 0 saturated carbocycles. The molecule has 7 heteroatoms. The number of rotatable bonds is 8. The van der Waals surface area contributed by atoms with Gasteiger partial charge in [-0.15, -0.1) is 0 Å². The van der Waals surface area contributed by atoms with Crippen molar-refractivity contribution in [1.29, 1.82) is 0 Å². The fourth-order valence-electron chi connectivity index (χ4n) is 1.92. The standard InChI is InChI=1S/C19H18BrN3O3/c1-2-10-26-17-8-6-14(7-9-17)12-22-23-18(24)13-21-19(25)15-4-3-5-16(20)11-15/h2-9,11-12H,1,10,13H2,(H,21,25)(H,23,24)/b22-12-. The van der Waals surface area contributed by atoms with E-state index in [1.54, 1.807) is 36.4 Å². The lowest BCUT2D eigenvalue weighted by Gasteiger charge is -2.05. The molecule has 2 aromatic rings. The van der Waals surface area contributed by atoms with Crippen molar-refractivity contribution < 1.29 is 14.3 Å². The Morgan fingerprint density at radius 1 is 1.19 bits per heavy atom. The number of carbonyl (C=O) groups is 2. The molecule has 0 saturated heterocycles. The van der Waals surface area contributed by atoms with Gasteiger partial charge in [-0.1, -0.05) is 34.7 Å². The van der Waals surface area contributed by atoms with E-state index in [2.05, 4.69) is 38.4 Å². The number of benzene rings is 2. The highest BCUT2D eigenvalue weighted by molar-refractivity contribution is 9.10. The van der Waals surface area contributed by atoms with Gasteiger partial charge >= 0.3 is 0 Å². The van der Waals surface area contributed by atoms with Gasteiger partial charge in [-0.3, -0.25) is 9.59 Å². The zero-order valence-corrected chi connectivity index (χ0v) is 15.5. The van der Waals surface area contributed by atoms with Gasteiger partial charge in [-0.05, 0) is 48.0 Å². The number of hydrogen-bond acceptors (Lipinski definition) is 4. The zero-order chi connectivity index (χ0) is 18.8. The van der Waals surface area contributed by atoms with Crippen LogP contribution < -0.4 is 15.5 Å². The Kier molecular flexibility index (Phi) is 7.57. The van der Waals surface area contributed by atoms with Crippen LogP contribution in [-0.2, 0) is 4.79 Å². The summed E-state index contributed by atoms with van der Waals surface area (Å²) in [5.74, 6) is -0.0302. The lowest BCUT2D eigenvalue weighted by atomic mass is 10.2. The summed E-state index contributed by atoms with van der Waals surface area (Å²) < 4.78 is 6.17. The first-order chi connectivity index (χ1) is 12.6. The summed E-state index contributed by atoms with van der Waals surface area (Å²) in [7, 11) is 0. The van der Waals surface area contributed by atoms with Crippen LogP contribution in [0.1, 0.15) is 15.9 Å². The maximum Gasteiger partial charge on any atom is 0.259 e. The molecule has 2 aromatic carbocycles. The molecule has 0 atom stereocenters. The van der Waals surface area contributed by atoms with Crippen molar-refractivity contribution in [3.63, 3.8) is 0 Å². The summed E-state index contributed by atoms with van der Waals surface area (Å²) in [4.78, 5) is 23.7. The quantitative estimate of drug-likeness (QED) is 0.395. The fraction of sp³-hybridized carbons (Fsp3) is 0.105. The van der Waals surface area contributed by atoms with Crippen molar-refractivity contribution in [2.24, 2.45) is 5.10 Å². The van der Waals surface area contributed by atoms with E-state index in [9.17, 15) is 9.59 Å². The smallest absolute Gasteiger partial charge is 0.259 e. The molecule has 134 valence electrons. The van der Waals surface area contributed by atoms with Crippen molar-refractivity contribution in [2.45, 2.75) is 0 Å². The van der Waals surface area contributed by atoms with Crippen LogP contribution in [-0.4, -0.2) is 31.2 Å². The van der Waals surface area contributed by atoms with Gasteiger partial charge in [0.15, 0.2) is 0 Å². The number of hydrazone groups is 1. The summed E-state index contributed by atoms with van der Waals surface area (Å²) in [6, 6.07) is 14.1. The van der Waals surface area contributed by atoms with Gasteiger partial charge < -0.3 is 10.1 Å². The Hall–Kier alpha value is -2.93. The van der Waals surface area contributed by atoms with E-state index < -0.39 is 5.91 Å². The highest BCUT2D eigenvalue weighted by Gasteiger charge is 2.07. The predicted molar refractivity (Wildman–Crippen MR) is 104 cm³/mol. The second kappa shape index (κ2) is 10.1. The van der Waals surface area contributed by atoms with Crippen LogP contribution in [0.15, 0.2) is 70.8 Å². The first-order valence-electron chi connectivity index (χ1n) is 7.78. The molecule has 26 heavy (non-hydrogen) atoms. The molecule has 2 amide bonds. The minimum absolute atomic E-state index is 0.170. The largest absolute Gasteiger partial charge is 0.490 e. The molecule has 0 aromatic heterocycles. The molecule has 0 aliphatic carbocycles. The first-order valence-corrected chi connectivity index (χ1v) is 8.57. The SMILES string of the molecule is C=CCOc1ccc(/C=N\NC(=O)CNC(=O)c2cccc(Br)c2)cc1. The molecule has 0 aliphatic rings. The normalized spacial score (nSPS) is 10.3. The molecule has 0 aliphatic heterocycles. The third-order valence-corrected chi connectivity index (χ3v) is 3.64. The van der Waals surface area contributed by atoms with Gasteiger partial charge in [0.1, 0.15) is 12.4 Å². The van der Waals surface area contributed by atoms with E-state index in [4.69, 9.17) is 4.74 Å². The van der Waals surface area contributed by atoms with Crippen LogP contribution in [0.2, 0.25) is 0 Å². The van der Waals surface area contributed by atoms with E-state index in [0.29, 0.717) is 12.2 Å². The van der Waals surface area contributed by atoms with Gasteiger partial charge in [0.25, 0.3) is 11.8 Å². The third-order valence-electron chi connectivity index (χ3n) is 3.15. The number of nitrogens with one attached hydrogen (secondary N) is 2. The second-order valence-corrected chi connectivity index (χ2v) is 6.07. The van der Waals surface area contributed by atoms with Crippen molar-refractivity contribution in [3.8, 4) is 5.75 Å². The van der Waals surface area contributed by atoms with Crippen molar-refractivity contribution in [2.75, 3.05) is 13.2 Å². The summed E-state index contributed by atoms with van der Waals surface area (Å²) >= 11 is 3.29.